The van der Waals surface area contributed by atoms with Gasteiger partial charge in [0.1, 0.15) is 0 Å². The zero-order valence-corrected chi connectivity index (χ0v) is 18.9. The largest absolute Gasteiger partial charge is 0.385 e. The maximum Gasteiger partial charge on any atom is 0.193 e. The second-order valence-electron chi connectivity index (χ2n) is 7.04. The first-order valence-corrected chi connectivity index (χ1v) is 10.0. The van der Waals surface area contributed by atoms with Crippen LogP contribution in [0.5, 0.6) is 0 Å². The van der Waals surface area contributed by atoms with Crippen molar-refractivity contribution in [2.45, 2.75) is 63.6 Å². The van der Waals surface area contributed by atoms with Crippen LogP contribution in [-0.2, 0) is 14.2 Å². The van der Waals surface area contributed by atoms with E-state index in [2.05, 4.69) is 15.2 Å². The zero-order chi connectivity index (χ0) is 17.7. The fourth-order valence-electron chi connectivity index (χ4n) is 3.50. The highest BCUT2D eigenvalue weighted by Crippen LogP contribution is 2.17. The Morgan fingerprint density at radius 2 is 1.96 bits per heavy atom. The minimum Gasteiger partial charge on any atom is -0.385 e. The molecule has 0 aromatic carbocycles. The van der Waals surface area contributed by atoms with Gasteiger partial charge in [0.25, 0.3) is 0 Å². The van der Waals surface area contributed by atoms with E-state index >= 15 is 0 Å². The fourth-order valence-corrected chi connectivity index (χ4v) is 3.50. The first-order valence-electron chi connectivity index (χ1n) is 10.0. The highest BCUT2D eigenvalue weighted by atomic mass is 127. The van der Waals surface area contributed by atoms with Crippen molar-refractivity contribution in [1.82, 2.24) is 10.2 Å². The SMILES string of the molecule is CN=C(NCCCCCOC)N1CCC(OCC2CCCCO2)CC1.I. The number of aliphatic imine (C=N–C) groups is 1. The number of halogens is 1. The van der Waals surface area contributed by atoms with Crippen LogP contribution in [0.1, 0.15) is 51.4 Å². The quantitative estimate of drug-likeness (QED) is 0.237. The number of likely N-dealkylation sites (tertiary alicyclic amines) is 1. The topological polar surface area (TPSA) is 55.3 Å². The number of rotatable bonds is 9. The van der Waals surface area contributed by atoms with Gasteiger partial charge in [0, 0.05) is 47.0 Å². The van der Waals surface area contributed by atoms with Crippen LogP contribution in [0, 0.1) is 0 Å². The zero-order valence-electron chi connectivity index (χ0n) is 16.6. The Labute approximate surface area is 176 Å². The van der Waals surface area contributed by atoms with E-state index in [0.717, 1.165) is 77.5 Å². The maximum atomic E-state index is 6.10. The van der Waals surface area contributed by atoms with Gasteiger partial charge in [-0.2, -0.15) is 0 Å². The number of methoxy groups -OCH3 is 1. The fraction of sp³-hybridized carbons (Fsp3) is 0.947. The summed E-state index contributed by atoms with van der Waals surface area (Å²) >= 11 is 0. The second kappa shape index (κ2) is 14.9. The molecule has 26 heavy (non-hydrogen) atoms. The molecule has 1 atom stereocenters. The van der Waals surface area contributed by atoms with Gasteiger partial charge < -0.3 is 24.4 Å². The lowest BCUT2D eigenvalue weighted by Gasteiger charge is -2.35. The van der Waals surface area contributed by atoms with Crippen LogP contribution in [0.2, 0.25) is 0 Å². The molecule has 0 amide bonds. The molecule has 2 saturated heterocycles. The van der Waals surface area contributed by atoms with Crippen LogP contribution in [0.3, 0.4) is 0 Å². The van der Waals surface area contributed by atoms with Gasteiger partial charge >= 0.3 is 0 Å². The molecule has 2 aliphatic rings. The van der Waals surface area contributed by atoms with Crippen LogP contribution in [0.15, 0.2) is 4.99 Å². The Hall–Kier alpha value is -0.120. The Morgan fingerprint density at radius 1 is 1.15 bits per heavy atom. The Morgan fingerprint density at radius 3 is 2.62 bits per heavy atom. The molecule has 2 aliphatic heterocycles. The van der Waals surface area contributed by atoms with Crippen molar-refractivity contribution >= 4 is 29.9 Å². The summed E-state index contributed by atoms with van der Waals surface area (Å²) < 4.78 is 16.9. The molecular formula is C19H38IN3O3. The molecule has 154 valence electrons. The Balaban J connectivity index is 0.00000338. The van der Waals surface area contributed by atoms with Crippen molar-refractivity contribution in [2.24, 2.45) is 4.99 Å². The van der Waals surface area contributed by atoms with Crippen molar-refractivity contribution in [2.75, 3.05) is 53.6 Å². The lowest BCUT2D eigenvalue weighted by atomic mass is 10.1. The molecule has 0 spiro atoms. The van der Waals surface area contributed by atoms with Gasteiger partial charge in [-0.3, -0.25) is 4.99 Å². The van der Waals surface area contributed by atoms with Gasteiger partial charge in [-0.1, -0.05) is 0 Å². The third-order valence-corrected chi connectivity index (χ3v) is 5.05. The predicted molar refractivity (Wildman–Crippen MR) is 117 cm³/mol. The molecule has 0 bridgehead atoms. The van der Waals surface area contributed by atoms with Crippen LogP contribution in [-0.4, -0.2) is 76.7 Å². The molecule has 2 rings (SSSR count). The highest BCUT2D eigenvalue weighted by molar-refractivity contribution is 14.0. The van der Waals surface area contributed by atoms with Gasteiger partial charge in [0.2, 0.25) is 0 Å². The summed E-state index contributed by atoms with van der Waals surface area (Å²) in [4.78, 5) is 6.79. The summed E-state index contributed by atoms with van der Waals surface area (Å²) in [5.74, 6) is 1.03. The van der Waals surface area contributed by atoms with E-state index in [1.807, 2.05) is 7.05 Å². The molecule has 0 aromatic rings. The van der Waals surface area contributed by atoms with Crippen LogP contribution < -0.4 is 5.32 Å². The number of piperidine rings is 1. The van der Waals surface area contributed by atoms with Crippen molar-refractivity contribution in [3.05, 3.63) is 0 Å². The minimum absolute atomic E-state index is 0. The number of ether oxygens (including phenoxy) is 3. The average molecular weight is 483 g/mol. The summed E-state index contributed by atoms with van der Waals surface area (Å²) in [6.45, 7) is 5.53. The number of hydrogen-bond donors (Lipinski definition) is 1. The monoisotopic (exact) mass is 483 g/mol. The number of unbranched alkanes of at least 4 members (excludes halogenated alkanes) is 2. The van der Waals surface area contributed by atoms with Gasteiger partial charge in [-0.15, -0.1) is 24.0 Å². The van der Waals surface area contributed by atoms with E-state index in [0.29, 0.717) is 12.2 Å². The van der Waals surface area contributed by atoms with E-state index in [9.17, 15) is 0 Å². The Bertz CT molecular complexity index is 371. The molecule has 0 radical (unpaired) electrons. The third-order valence-electron chi connectivity index (χ3n) is 5.05. The summed E-state index contributed by atoms with van der Waals surface area (Å²) in [6.07, 6.45) is 9.94. The lowest BCUT2D eigenvalue weighted by Crippen LogP contribution is -2.47. The Kier molecular flexibility index (Phi) is 13.7. The molecular weight excluding hydrogens is 445 g/mol. The molecule has 0 aromatic heterocycles. The van der Waals surface area contributed by atoms with Crippen molar-refractivity contribution in [1.29, 1.82) is 0 Å². The normalized spacial score (nSPS) is 22.2. The van der Waals surface area contributed by atoms with Gasteiger partial charge in [-0.05, 0) is 51.4 Å². The lowest BCUT2D eigenvalue weighted by molar-refractivity contribution is -0.0721. The predicted octanol–water partition coefficient (Wildman–Crippen LogP) is 3.05. The van der Waals surface area contributed by atoms with E-state index in [1.54, 1.807) is 7.11 Å². The number of guanidine groups is 1. The van der Waals surface area contributed by atoms with E-state index < -0.39 is 0 Å². The molecule has 7 heteroatoms. The highest BCUT2D eigenvalue weighted by Gasteiger charge is 2.23. The summed E-state index contributed by atoms with van der Waals surface area (Å²) in [6, 6.07) is 0. The van der Waals surface area contributed by atoms with Crippen LogP contribution in [0.4, 0.5) is 0 Å². The van der Waals surface area contributed by atoms with E-state index in [1.165, 1.54) is 19.3 Å². The maximum absolute atomic E-state index is 6.10. The molecule has 1 N–H and O–H groups in total. The van der Waals surface area contributed by atoms with E-state index in [-0.39, 0.29) is 24.0 Å². The number of nitrogens with one attached hydrogen (secondary N) is 1. The molecule has 0 saturated carbocycles. The third kappa shape index (κ3) is 9.19. The molecule has 1 unspecified atom stereocenters. The van der Waals surface area contributed by atoms with Crippen LogP contribution in [0.25, 0.3) is 0 Å². The van der Waals surface area contributed by atoms with Crippen molar-refractivity contribution < 1.29 is 14.2 Å². The van der Waals surface area contributed by atoms with Gasteiger partial charge in [-0.25, -0.2) is 0 Å². The average Bonchev–Trinajstić information content (AvgIpc) is 2.67. The number of hydrogen-bond acceptors (Lipinski definition) is 4. The molecule has 6 nitrogen and oxygen atoms in total. The van der Waals surface area contributed by atoms with Crippen LogP contribution >= 0.6 is 24.0 Å². The molecule has 2 heterocycles. The van der Waals surface area contributed by atoms with Crippen molar-refractivity contribution in [3.8, 4) is 0 Å². The number of nitrogens with zero attached hydrogens (tertiary/aromatic N) is 2. The first kappa shape index (κ1) is 23.9. The summed E-state index contributed by atoms with van der Waals surface area (Å²) in [7, 11) is 3.63. The molecule has 2 fully saturated rings. The first-order chi connectivity index (χ1) is 12.3. The van der Waals surface area contributed by atoms with Gasteiger partial charge in [0.15, 0.2) is 5.96 Å². The molecule has 0 aliphatic carbocycles. The van der Waals surface area contributed by atoms with Gasteiger partial charge in [0.05, 0.1) is 18.8 Å². The minimum atomic E-state index is 0. The standard InChI is InChI=1S/C19H37N3O3.HI/c1-20-19(21-11-5-3-6-14-23-2)22-12-9-17(10-13-22)25-16-18-8-4-7-15-24-18;/h17-18H,3-16H2,1-2H3,(H,20,21);1H. The smallest absolute Gasteiger partial charge is 0.193 e. The van der Waals surface area contributed by atoms with E-state index in [4.69, 9.17) is 14.2 Å². The second-order valence-corrected chi connectivity index (χ2v) is 7.04. The summed E-state index contributed by atoms with van der Waals surface area (Å²) in [5.41, 5.74) is 0. The van der Waals surface area contributed by atoms with Crippen molar-refractivity contribution in [3.63, 3.8) is 0 Å². The summed E-state index contributed by atoms with van der Waals surface area (Å²) in [5, 5.41) is 3.49.